The Morgan fingerprint density at radius 3 is 2.59 bits per heavy atom. The summed E-state index contributed by atoms with van der Waals surface area (Å²) in [5.74, 6) is -1.22. The topological polar surface area (TPSA) is 84.0 Å². The molecule has 0 aliphatic heterocycles. The molecule has 0 aliphatic rings. The summed E-state index contributed by atoms with van der Waals surface area (Å²) < 4.78 is 14.1. The second-order valence-electron chi connectivity index (χ2n) is 5.46. The Bertz CT molecular complexity index is 977. The number of nitrogens with zero attached hydrogens (tertiary/aromatic N) is 2. The summed E-state index contributed by atoms with van der Waals surface area (Å²) in [5.41, 5.74) is 1.67. The summed E-state index contributed by atoms with van der Waals surface area (Å²) in [7, 11) is 0. The summed E-state index contributed by atoms with van der Waals surface area (Å²) in [4.78, 5) is 24.1. The van der Waals surface area contributed by atoms with E-state index >= 15 is 0 Å². The molecule has 27 heavy (non-hydrogen) atoms. The van der Waals surface area contributed by atoms with Crippen LogP contribution < -0.4 is 10.6 Å². The van der Waals surface area contributed by atoms with Crippen molar-refractivity contribution in [3.05, 3.63) is 65.5 Å². The molecule has 0 saturated heterocycles. The number of amides is 2. The van der Waals surface area contributed by atoms with Crippen LogP contribution in [0, 0.1) is 12.7 Å². The fourth-order valence-electron chi connectivity index (χ4n) is 2.16. The van der Waals surface area contributed by atoms with Crippen LogP contribution in [0.15, 0.2) is 52.9 Å². The number of anilines is 2. The molecule has 0 bridgehead atoms. The Labute approximate surface area is 163 Å². The van der Waals surface area contributed by atoms with E-state index in [1.54, 1.807) is 6.07 Å². The Kier molecular flexibility index (Phi) is 6.15. The first-order valence-corrected chi connectivity index (χ1v) is 9.71. The van der Waals surface area contributed by atoms with Gasteiger partial charge in [-0.05, 0) is 30.7 Å². The fourth-order valence-corrected chi connectivity index (χ4v) is 3.70. The molecule has 2 aromatic carbocycles. The molecule has 3 aromatic rings. The Morgan fingerprint density at radius 1 is 1.07 bits per heavy atom. The van der Waals surface area contributed by atoms with Crippen molar-refractivity contribution in [1.29, 1.82) is 0 Å². The molecule has 138 valence electrons. The lowest BCUT2D eigenvalue weighted by molar-refractivity contribution is -0.113. The SMILES string of the molecule is Cc1ccccc1NC(=O)CSc1nnc(NC(=O)c2ccccc2F)s1. The van der Waals surface area contributed by atoms with E-state index in [9.17, 15) is 14.0 Å². The zero-order chi connectivity index (χ0) is 19.2. The Morgan fingerprint density at radius 2 is 1.81 bits per heavy atom. The van der Waals surface area contributed by atoms with Gasteiger partial charge in [0.15, 0.2) is 4.34 Å². The lowest BCUT2D eigenvalue weighted by Gasteiger charge is -2.06. The number of aryl methyl sites for hydroxylation is 1. The van der Waals surface area contributed by atoms with E-state index in [0.29, 0.717) is 4.34 Å². The number of carbonyl (C=O) groups excluding carboxylic acids is 2. The van der Waals surface area contributed by atoms with Crippen LogP contribution in [-0.4, -0.2) is 27.8 Å². The van der Waals surface area contributed by atoms with Crippen molar-refractivity contribution in [3.8, 4) is 0 Å². The third-order valence-electron chi connectivity index (χ3n) is 3.49. The van der Waals surface area contributed by atoms with Crippen LogP contribution in [0.2, 0.25) is 0 Å². The molecular formula is C18H15FN4O2S2. The highest BCUT2D eigenvalue weighted by molar-refractivity contribution is 8.01. The number of thioether (sulfide) groups is 1. The molecule has 0 spiro atoms. The van der Waals surface area contributed by atoms with Crippen molar-refractivity contribution in [3.63, 3.8) is 0 Å². The van der Waals surface area contributed by atoms with E-state index in [1.807, 2.05) is 31.2 Å². The molecule has 1 heterocycles. The average Bonchev–Trinajstić information content (AvgIpc) is 3.09. The van der Waals surface area contributed by atoms with Crippen molar-refractivity contribution in [1.82, 2.24) is 10.2 Å². The molecule has 3 rings (SSSR count). The van der Waals surface area contributed by atoms with E-state index in [0.717, 1.165) is 22.6 Å². The molecule has 9 heteroatoms. The normalized spacial score (nSPS) is 10.4. The summed E-state index contributed by atoms with van der Waals surface area (Å²) >= 11 is 2.33. The summed E-state index contributed by atoms with van der Waals surface area (Å²) in [6.45, 7) is 1.91. The molecule has 2 amide bonds. The second-order valence-corrected chi connectivity index (χ2v) is 7.66. The fraction of sp³-hybridized carbons (Fsp3) is 0.111. The third kappa shape index (κ3) is 5.11. The van der Waals surface area contributed by atoms with Crippen molar-refractivity contribution in [2.75, 3.05) is 16.4 Å². The van der Waals surface area contributed by atoms with E-state index in [1.165, 1.54) is 30.0 Å². The summed E-state index contributed by atoms with van der Waals surface area (Å²) in [6, 6.07) is 13.2. The minimum atomic E-state index is -0.609. The highest BCUT2D eigenvalue weighted by atomic mass is 32.2. The van der Waals surface area contributed by atoms with Gasteiger partial charge in [0, 0.05) is 5.69 Å². The summed E-state index contributed by atoms with van der Waals surface area (Å²) in [5, 5.41) is 13.4. The Hall–Kier alpha value is -2.78. The number of nitrogens with one attached hydrogen (secondary N) is 2. The highest BCUT2D eigenvalue weighted by Gasteiger charge is 2.14. The quantitative estimate of drug-likeness (QED) is 0.481. The van der Waals surface area contributed by atoms with Gasteiger partial charge in [-0.3, -0.25) is 14.9 Å². The van der Waals surface area contributed by atoms with Crippen LogP contribution in [0.5, 0.6) is 0 Å². The first-order chi connectivity index (χ1) is 13.0. The molecule has 2 N–H and O–H groups in total. The Balaban J connectivity index is 1.54. The van der Waals surface area contributed by atoms with Crippen LogP contribution in [-0.2, 0) is 4.79 Å². The molecule has 6 nitrogen and oxygen atoms in total. The van der Waals surface area contributed by atoms with Crippen molar-refractivity contribution in [2.24, 2.45) is 0 Å². The van der Waals surface area contributed by atoms with Crippen molar-refractivity contribution < 1.29 is 14.0 Å². The number of hydrogen-bond donors (Lipinski definition) is 2. The van der Waals surface area contributed by atoms with Crippen LogP contribution in [0.25, 0.3) is 0 Å². The average molecular weight is 402 g/mol. The van der Waals surface area contributed by atoms with Crippen molar-refractivity contribution >= 4 is 45.7 Å². The van der Waals surface area contributed by atoms with E-state index in [-0.39, 0.29) is 22.4 Å². The van der Waals surface area contributed by atoms with Gasteiger partial charge in [0.1, 0.15) is 5.82 Å². The maximum Gasteiger partial charge on any atom is 0.260 e. The van der Waals surface area contributed by atoms with Gasteiger partial charge in [-0.1, -0.05) is 53.4 Å². The first kappa shape index (κ1) is 19.0. The maximum atomic E-state index is 13.6. The number of para-hydroxylation sites is 1. The van der Waals surface area contributed by atoms with Gasteiger partial charge >= 0.3 is 0 Å². The standard InChI is InChI=1S/C18H15FN4O2S2/c1-11-6-2-5-9-14(11)20-15(24)10-26-18-23-22-17(27-18)21-16(25)12-7-3-4-8-13(12)19/h2-9H,10H2,1H3,(H,20,24)(H,21,22,25). The van der Waals surface area contributed by atoms with Crippen LogP contribution in [0.4, 0.5) is 15.2 Å². The molecule has 0 radical (unpaired) electrons. The van der Waals surface area contributed by atoms with Crippen LogP contribution in [0.1, 0.15) is 15.9 Å². The molecular weight excluding hydrogens is 387 g/mol. The number of hydrogen-bond acceptors (Lipinski definition) is 6. The first-order valence-electron chi connectivity index (χ1n) is 7.90. The monoisotopic (exact) mass is 402 g/mol. The zero-order valence-electron chi connectivity index (χ0n) is 14.2. The highest BCUT2D eigenvalue weighted by Crippen LogP contribution is 2.26. The molecule has 0 fully saturated rings. The summed E-state index contributed by atoms with van der Waals surface area (Å²) in [6.07, 6.45) is 0. The van der Waals surface area contributed by atoms with Gasteiger partial charge in [0.25, 0.3) is 5.91 Å². The lowest BCUT2D eigenvalue weighted by atomic mass is 10.2. The van der Waals surface area contributed by atoms with Gasteiger partial charge in [-0.2, -0.15) is 0 Å². The number of halogens is 1. The number of benzene rings is 2. The zero-order valence-corrected chi connectivity index (χ0v) is 15.9. The number of rotatable bonds is 6. The minimum Gasteiger partial charge on any atom is -0.325 e. The van der Waals surface area contributed by atoms with Gasteiger partial charge in [0.2, 0.25) is 11.0 Å². The predicted octanol–water partition coefficient (Wildman–Crippen LogP) is 3.97. The van der Waals surface area contributed by atoms with Gasteiger partial charge in [0.05, 0.1) is 11.3 Å². The van der Waals surface area contributed by atoms with Gasteiger partial charge < -0.3 is 5.32 Å². The molecule has 0 unspecified atom stereocenters. The van der Waals surface area contributed by atoms with Crippen LogP contribution in [0.3, 0.4) is 0 Å². The van der Waals surface area contributed by atoms with Crippen molar-refractivity contribution in [2.45, 2.75) is 11.3 Å². The number of carbonyl (C=O) groups is 2. The largest absolute Gasteiger partial charge is 0.325 e. The van der Waals surface area contributed by atoms with Gasteiger partial charge in [-0.25, -0.2) is 4.39 Å². The molecule has 0 saturated carbocycles. The van der Waals surface area contributed by atoms with E-state index < -0.39 is 11.7 Å². The minimum absolute atomic E-state index is 0.0699. The molecule has 0 atom stereocenters. The third-order valence-corrected chi connectivity index (χ3v) is 5.46. The second kappa shape index (κ2) is 8.74. The van der Waals surface area contributed by atoms with Crippen LogP contribution >= 0.6 is 23.1 Å². The van der Waals surface area contributed by atoms with E-state index in [4.69, 9.17) is 0 Å². The lowest BCUT2D eigenvalue weighted by Crippen LogP contribution is -2.14. The number of aromatic nitrogens is 2. The molecule has 0 aliphatic carbocycles. The maximum absolute atomic E-state index is 13.6. The predicted molar refractivity (Wildman–Crippen MR) is 105 cm³/mol. The van der Waals surface area contributed by atoms with Gasteiger partial charge in [-0.15, -0.1) is 10.2 Å². The molecule has 1 aromatic heterocycles. The van der Waals surface area contributed by atoms with E-state index in [2.05, 4.69) is 20.8 Å². The smallest absolute Gasteiger partial charge is 0.260 e.